The van der Waals surface area contributed by atoms with E-state index in [1.807, 2.05) is 31.2 Å². The maximum absolute atomic E-state index is 12.1. The van der Waals surface area contributed by atoms with E-state index < -0.39 is 0 Å². The van der Waals surface area contributed by atoms with E-state index in [2.05, 4.69) is 36.4 Å². The molecular weight excluding hydrogens is 336 g/mol. The summed E-state index contributed by atoms with van der Waals surface area (Å²) < 4.78 is 11.5. The summed E-state index contributed by atoms with van der Waals surface area (Å²) in [6, 6.07) is 20.8. The molecule has 0 aromatic heterocycles. The van der Waals surface area contributed by atoms with Gasteiger partial charge in [-0.1, -0.05) is 74.0 Å². The lowest BCUT2D eigenvalue weighted by Crippen LogP contribution is -2.34. The Kier molecular flexibility index (Phi) is 7.05. The van der Waals surface area contributed by atoms with Gasteiger partial charge < -0.3 is 9.47 Å². The molecule has 1 saturated carbocycles. The van der Waals surface area contributed by atoms with Gasteiger partial charge in [-0.05, 0) is 42.2 Å². The Labute approximate surface area is 162 Å². The fourth-order valence-corrected chi connectivity index (χ4v) is 4.42. The second-order valence-electron chi connectivity index (χ2n) is 7.60. The Bertz CT molecular complexity index is 698. The molecular formula is C24H30O3. The minimum Gasteiger partial charge on any atom is -0.469 e. The third-order valence-corrected chi connectivity index (χ3v) is 5.90. The van der Waals surface area contributed by atoms with Gasteiger partial charge in [-0.25, -0.2) is 0 Å². The fourth-order valence-electron chi connectivity index (χ4n) is 4.42. The maximum atomic E-state index is 12.1. The Morgan fingerprint density at radius 1 is 0.963 bits per heavy atom. The highest BCUT2D eigenvalue weighted by Crippen LogP contribution is 2.41. The molecule has 3 nitrogen and oxygen atoms in total. The van der Waals surface area contributed by atoms with Crippen LogP contribution in [0.1, 0.15) is 37.3 Å². The van der Waals surface area contributed by atoms with Crippen LogP contribution in [0.2, 0.25) is 0 Å². The van der Waals surface area contributed by atoms with Crippen LogP contribution in [0.5, 0.6) is 0 Å². The number of esters is 1. The molecule has 0 radical (unpaired) electrons. The predicted octanol–water partition coefficient (Wildman–Crippen LogP) is 5.04. The SMILES string of the molecule is COC(=O)[C@H](C)[C@H]1CCC[C@@H]1[C@H](Cc1ccccc1)OCc1ccccc1. The van der Waals surface area contributed by atoms with Gasteiger partial charge >= 0.3 is 5.97 Å². The van der Waals surface area contributed by atoms with Crippen LogP contribution >= 0.6 is 0 Å². The van der Waals surface area contributed by atoms with Crippen molar-refractivity contribution < 1.29 is 14.3 Å². The number of hydrogen-bond acceptors (Lipinski definition) is 3. The summed E-state index contributed by atoms with van der Waals surface area (Å²) in [6.07, 6.45) is 4.31. The minimum atomic E-state index is -0.103. The van der Waals surface area contributed by atoms with Crippen LogP contribution in [0.15, 0.2) is 60.7 Å². The third kappa shape index (κ3) is 5.20. The molecule has 2 aromatic carbocycles. The number of methoxy groups -OCH3 is 1. The first-order valence-corrected chi connectivity index (χ1v) is 9.96. The molecule has 3 rings (SSSR count). The van der Waals surface area contributed by atoms with E-state index in [4.69, 9.17) is 9.47 Å². The molecule has 4 atom stereocenters. The quantitative estimate of drug-likeness (QED) is 0.614. The summed E-state index contributed by atoms with van der Waals surface area (Å²) in [5, 5.41) is 0. The van der Waals surface area contributed by atoms with E-state index in [1.165, 1.54) is 18.2 Å². The molecule has 0 saturated heterocycles. The van der Waals surface area contributed by atoms with Crippen molar-refractivity contribution in [3.8, 4) is 0 Å². The smallest absolute Gasteiger partial charge is 0.308 e. The van der Waals surface area contributed by atoms with Crippen molar-refractivity contribution in [3.05, 3.63) is 71.8 Å². The van der Waals surface area contributed by atoms with E-state index in [9.17, 15) is 4.79 Å². The van der Waals surface area contributed by atoms with Crippen molar-refractivity contribution in [2.45, 2.75) is 45.3 Å². The van der Waals surface area contributed by atoms with Gasteiger partial charge in [0.2, 0.25) is 0 Å². The number of ether oxygens (including phenoxy) is 2. The Balaban J connectivity index is 1.76. The number of carbonyl (C=O) groups is 1. The van der Waals surface area contributed by atoms with Crippen molar-refractivity contribution in [2.24, 2.45) is 17.8 Å². The molecule has 144 valence electrons. The fraction of sp³-hybridized carbons (Fsp3) is 0.458. The zero-order valence-electron chi connectivity index (χ0n) is 16.3. The first kappa shape index (κ1) is 19.6. The summed E-state index contributed by atoms with van der Waals surface area (Å²) in [7, 11) is 1.48. The van der Waals surface area contributed by atoms with E-state index in [1.54, 1.807) is 0 Å². The van der Waals surface area contributed by atoms with E-state index in [0.717, 1.165) is 25.7 Å². The minimum absolute atomic E-state index is 0.0823. The van der Waals surface area contributed by atoms with Crippen LogP contribution in [0.4, 0.5) is 0 Å². The van der Waals surface area contributed by atoms with Gasteiger partial charge in [0.25, 0.3) is 0 Å². The van der Waals surface area contributed by atoms with Gasteiger partial charge in [0, 0.05) is 0 Å². The highest BCUT2D eigenvalue weighted by Gasteiger charge is 2.40. The van der Waals surface area contributed by atoms with Gasteiger partial charge in [-0.2, -0.15) is 0 Å². The molecule has 0 N–H and O–H groups in total. The number of rotatable bonds is 8. The molecule has 0 aliphatic heterocycles. The molecule has 0 heterocycles. The lowest BCUT2D eigenvalue weighted by atomic mass is 9.80. The summed E-state index contributed by atoms with van der Waals surface area (Å²) >= 11 is 0. The summed E-state index contributed by atoms with van der Waals surface area (Å²) in [5.74, 6) is 0.513. The van der Waals surface area contributed by atoms with Crippen LogP contribution in [-0.4, -0.2) is 19.2 Å². The van der Waals surface area contributed by atoms with E-state index in [-0.39, 0.29) is 18.0 Å². The lowest BCUT2D eigenvalue weighted by molar-refractivity contribution is -0.148. The van der Waals surface area contributed by atoms with Gasteiger partial charge in [0.1, 0.15) is 0 Å². The molecule has 0 unspecified atom stereocenters. The number of benzene rings is 2. The standard InChI is InChI=1S/C24H30O3/c1-18(24(25)26-2)21-14-9-15-22(21)23(16-19-10-5-3-6-11-19)27-17-20-12-7-4-8-13-20/h3-8,10-13,18,21-23H,9,14-17H2,1-2H3/t18-,21-,22+,23+/m1/s1. The van der Waals surface area contributed by atoms with Crippen LogP contribution < -0.4 is 0 Å². The molecule has 2 aromatic rings. The largest absolute Gasteiger partial charge is 0.469 e. The molecule has 3 heteroatoms. The van der Waals surface area contributed by atoms with Crippen molar-refractivity contribution in [2.75, 3.05) is 7.11 Å². The van der Waals surface area contributed by atoms with Crippen LogP contribution in [-0.2, 0) is 27.3 Å². The Morgan fingerprint density at radius 2 is 1.56 bits per heavy atom. The number of hydrogen-bond donors (Lipinski definition) is 0. The molecule has 27 heavy (non-hydrogen) atoms. The van der Waals surface area contributed by atoms with Gasteiger partial charge in [0.15, 0.2) is 0 Å². The van der Waals surface area contributed by atoms with Crippen molar-refractivity contribution in [3.63, 3.8) is 0 Å². The zero-order valence-corrected chi connectivity index (χ0v) is 16.3. The normalized spacial score (nSPS) is 21.6. The molecule has 1 fully saturated rings. The summed E-state index contributed by atoms with van der Waals surface area (Å²) in [5.41, 5.74) is 2.47. The maximum Gasteiger partial charge on any atom is 0.308 e. The Hall–Kier alpha value is -2.13. The summed E-state index contributed by atoms with van der Waals surface area (Å²) in [4.78, 5) is 12.1. The van der Waals surface area contributed by atoms with Gasteiger partial charge in [-0.15, -0.1) is 0 Å². The first-order chi connectivity index (χ1) is 13.2. The van der Waals surface area contributed by atoms with Crippen molar-refractivity contribution in [1.29, 1.82) is 0 Å². The van der Waals surface area contributed by atoms with Crippen LogP contribution in [0, 0.1) is 17.8 Å². The lowest BCUT2D eigenvalue weighted by Gasteiger charge is -2.31. The average molecular weight is 367 g/mol. The topological polar surface area (TPSA) is 35.5 Å². The highest BCUT2D eigenvalue weighted by atomic mass is 16.5. The molecule has 1 aliphatic rings. The van der Waals surface area contributed by atoms with Crippen molar-refractivity contribution >= 4 is 5.97 Å². The zero-order chi connectivity index (χ0) is 19.1. The van der Waals surface area contributed by atoms with E-state index in [0.29, 0.717) is 18.4 Å². The molecule has 1 aliphatic carbocycles. The average Bonchev–Trinajstić information content (AvgIpc) is 3.21. The van der Waals surface area contributed by atoms with E-state index >= 15 is 0 Å². The third-order valence-electron chi connectivity index (χ3n) is 5.90. The Morgan fingerprint density at radius 3 is 2.19 bits per heavy atom. The highest BCUT2D eigenvalue weighted by molar-refractivity contribution is 5.72. The summed E-state index contributed by atoms with van der Waals surface area (Å²) in [6.45, 7) is 2.61. The first-order valence-electron chi connectivity index (χ1n) is 9.96. The monoisotopic (exact) mass is 366 g/mol. The molecule has 0 amide bonds. The molecule has 0 spiro atoms. The number of carbonyl (C=O) groups excluding carboxylic acids is 1. The van der Waals surface area contributed by atoms with Crippen LogP contribution in [0.3, 0.4) is 0 Å². The van der Waals surface area contributed by atoms with Gasteiger partial charge in [-0.3, -0.25) is 4.79 Å². The second kappa shape index (κ2) is 9.70. The van der Waals surface area contributed by atoms with Crippen LogP contribution in [0.25, 0.3) is 0 Å². The van der Waals surface area contributed by atoms with Gasteiger partial charge in [0.05, 0.1) is 25.7 Å². The van der Waals surface area contributed by atoms with Crippen molar-refractivity contribution in [1.82, 2.24) is 0 Å². The predicted molar refractivity (Wildman–Crippen MR) is 107 cm³/mol. The second-order valence-corrected chi connectivity index (χ2v) is 7.60. The molecule has 0 bridgehead atoms.